The summed E-state index contributed by atoms with van der Waals surface area (Å²) < 4.78 is 72.6. The molecule has 0 fully saturated rings. The van der Waals surface area contributed by atoms with Gasteiger partial charge in [-0.05, 0) is 58.0 Å². The van der Waals surface area contributed by atoms with Crippen molar-refractivity contribution < 1.29 is 35.9 Å². The lowest BCUT2D eigenvalue weighted by molar-refractivity contribution is -0.272. The van der Waals surface area contributed by atoms with Crippen LogP contribution in [0.1, 0.15) is 38.7 Å². The van der Waals surface area contributed by atoms with Gasteiger partial charge in [-0.1, -0.05) is 6.07 Å². The van der Waals surface area contributed by atoms with Gasteiger partial charge >= 0.3 is 6.18 Å². The van der Waals surface area contributed by atoms with Gasteiger partial charge in [0.25, 0.3) is 0 Å². The minimum Gasteiger partial charge on any atom is -0.463 e. The molecule has 11 heteroatoms. The fourth-order valence-electron chi connectivity index (χ4n) is 2.62. The average molecular weight is 448 g/mol. The van der Waals surface area contributed by atoms with Crippen LogP contribution in [0.3, 0.4) is 0 Å². The van der Waals surface area contributed by atoms with E-state index in [0.29, 0.717) is 0 Å². The molecule has 1 heterocycles. The molecule has 0 aliphatic heterocycles. The number of furan rings is 1. The van der Waals surface area contributed by atoms with Gasteiger partial charge in [0, 0.05) is 11.2 Å². The van der Waals surface area contributed by atoms with Gasteiger partial charge in [0.1, 0.15) is 11.5 Å². The molecular weight excluding hydrogens is 425 g/mol. The highest BCUT2D eigenvalue weighted by molar-refractivity contribution is 7.89. The number of hydrogen-bond acceptors (Lipinski definition) is 5. The molecule has 7 nitrogen and oxygen atoms in total. The molecule has 0 aliphatic carbocycles. The van der Waals surface area contributed by atoms with Crippen LogP contribution in [0.4, 0.5) is 18.9 Å². The van der Waals surface area contributed by atoms with Gasteiger partial charge < -0.3 is 14.8 Å². The fraction of sp³-hybridized carbons (Fsp3) is 0.421. The lowest BCUT2D eigenvalue weighted by Crippen LogP contribution is -2.44. The number of halogens is 3. The Labute approximate surface area is 172 Å². The topological polar surface area (TPSA) is 109 Å². The van der Waals surface area contributed by atoms with Crippen LogP contribution in [0.2, 0.25) is 0 Å². The van der Waals surface area contributed by atoms with Crippen molar-refractivity contribution in [3.8, 4) is 0 Å². The Kier molecular flexibility index (Phi) is 6.41. The van der Waals surface area contributed by atoms with E-state index in [4.69, 9.17) is 4.42 Å². The maximum absolute atomic E-state index is 13.5. The SMILES string of the molecule is Cc1ccc([C@](O)(CC(=O)Nc2cccc(S(=O)(=O)NC(C)(C)C)c2)C(F)(F)F)o1. The van der Waals surface area contributed by atoms with E-state index in [0.717, 1.165) is 12.1 Å². The second kappa shape index (κ2) is 8.05. The molecule has 0 saturated carbocycles. The number of sulfonamides is 1. The molecule has 2 rings (SSSR count). The van der Waals surface area contributed by atoms with Crippen molar-refractivity contribution in [2.75, 3.05) is 5.32 Å². The zero-order valence-corrected chi connectivity index (χ0v) is 17.6. The van der Waals surface area contributed by atoms with Gasteiger partial charge in [-0.2, -0.15) is 13.2 Å². The van der Waals surface area contributed by atoms with E-state index in [1.807, 2.05) is 0 Å². The molecule has 3 N–H and O–H groups in total. The van der Waals surface area contributed by atoms with Gasteiger partial charge in [-0.15, -0.1) is 0 Å². The predicted molar refractivity (Wildman–Crippen MR) is 103 cm³/mol. The molecule has 0 radical (unpaired) electrons. The summed E-state index contributed by atoms with van der Waals surface area (Å²) in [7, 11) is -3.92. The Morgan fingerprint density at radius 1 is 1.13 bits per heavy atom. The molecular formula is C19H23F3N2O5S. The van der Waals surface area contributed by atoms with Crippen molar-refractivity contribution in [1.82, 2.24) is 4.72 Å². The average Bonchev–Trinajstić information content (AvgIpc) is 2.98. The van der Waals surface area contributed by atoms with Crippen LogP contribution in [-0.2, 0) is 20.4 Å². The zero-order chi connectivity index (χ0) is 23.0. The van der Waals surface area contributed by atoms with Crippen LogP contribution in [0.25, 0.3) is 0 Å². The quantitative estimate of drug-likeness (QED) is 0.627. The predicted octanol–water partition coefficient (Wildman–Crippen LogP) is 3.44. The van der Waals surface area contributed by atoms with Crippen LogP contribution in [-0.4, -0.2) is 31.1 Å². The van der Waals surface area contributed by atoms with Crippen LogP contribution in [0.5, 0.6) is 0 Å². The highest BCUT2D eigenvalue weighted by atomic mass is 32.2. The number of rotatable bonds is 6. The first-order valence-corrected chi connectivity index (χ1v) is 10.3. The number of hydrogen-bond donors (Lipinski definition) is 3. The van der Waals surface area contributed by atoms with E-state index in [-0.39, 0.29) is 16.3 Å². The summed E-state index contributed by atoms with van der Waals surface area (Å²) in [5.41, 5.74) is -4.34. The highest BCUT2D eigenvalue weighted by Gasteiger charge is 2.58. The third kappa shape index (κ3) is 5.61. The molecule has 0 saturated heterocycles. The van der Waals surface area contributed by atoms with Crippen LogP contribution < -0.4 is 10.0 Å². The van der Waals surface area contributed by atoms with Crippen LogP contribution in [0.15, 0.2) is 45.7 Å². The molecule has 2 aromatic rings. The highest BCUT2D eigenvalue weighted by Crippen LogP contribution is 2.42. The Hall–Kier alpha value is -2.37. The van der Waals surface area contributed by atoms with Crippen molar-refractivity contribution in [2.24, 2.45) is 0 Å². The van der Waals surface area contributed by atoms with Crippen LogP contribution >= 0.6 is 0 Å². The van der Waals surface area contributed by atoms with Gasteiger partial charge in [0.2, 0.25) is 21.5 Å². The van der Waals surface area contributed by atoms with E-state index in [1.54, 1.807) is 20.8 Å². The molecule has 0 aliphatic rings. The van der Waals surface area contributed by atoms with Crippen molar-refractivity contribution in [3.05, 3.63) is 47.9 Å². The second-order valence-corrected chi connectivity index (χ2v) is 9.56. The number of aryl methyl sites for hydroxylation is 1. The summed E-state index contributed by atoms with van der Waals surface area (Å²) in [4.78, 5) is 12.1. The molecule has 1 atom stereocenters. The Morgan fingerprint density at radius 3 is 2.27 bits per heavy atom. The van der Waals surface area contributed by atoms with E-state index in [9.17, 15) is 31.5 Å². The first-order chi connectivity index (χ1) is 13.5. The first-order valence-electron chi connectivity index (χ1n) is 8.83. The van der Waals surface area contributed by atoms with E-state index >= 15 is 0 Å². The summed E-state index contributed by atoms with van der Waals surface area (Å²) in [6, 6.07) is 7.22. The van der Waals surface area contributed by atoms with E-state index < -0.39 is 45.4 Å². The van der Waals surface area contributed by atoms with Crippen molar-refractivity contribution in [1.29, 1.82) is 0 Å². The minimum absolute atomic E-state index is 0.0445. The molecule has 166 valence electrons. The maximum atomic E-state index is 13.5. The van der Waals surface area contributed by atoms with Crippen molar-refractivity contribution in [2.45, 2.75) is 56.3 Å². The summed E-state index contributed by atoms with van der Waals surface area (Å²) in [6.07, 6.45) is -6.56. The fourth-order valence-corrected chi connectivity index (χ4v) is 4.09. The first kappa shape index (κ1) is 23.9. The number of aliphatic hydroxyl groups is 1. The number of benzene rings is 1. The third-order valence-electron chi connectivity index (χ3n) is 3.90. The van der Waals surface area contributed by atoms with Gasteiger partial charge in [-0.25, -0.2) is 13.1 Å². The van der Waals surface area contributed by atoms with Gasteiger partial charge in [0.05, 0.1) is 11.3 Å². The van der Waals surface area contributed by atoms with Gasteiger partial charge in [0.15, 0.2) is 0 Å². The Balaban J connectivity index is 2.25. The molecule has 0 spiro atoms. The normalized spacial score (nSPS) is 14.9. The monoisotopic (exact) mass is 448 g/mol. The smallest absolute Gasteiger partial charge is 0.425 e. The number of nitrogens with one attached hydrogen (secondary N) is 2. The number of carbonyl (C=O) groups excluding carboxylic acids is 1. The molecule has 0 bridgehead atoms. The Bertz CT molecular complexity index is 1030. The molecule has 1 aromatic carbocycles. The zero-order valence-electron chi connectivity index (χ0n) is 16.8. The van der Waals surface area contributed by atoms with E-state index in [2.05, 4.69) is 10.0 Å². The Morgan fingerprint density at radius 2 is 1.77 bits per heavy atom. The second-order valence-electron chi connectivity index (χ2n) is 7.88. The molecule has 1 aromatic heterocycles. The summed E-state index contributed by atoms with van der Waals surface area (Å²) >= 11 is 0. The van der Waals surface area contributed by atoms with Crippen molar-refractivity contribution >= 4 is 21.6 Å². The summed E-state index contributed by atoms with van der Waals surface area (Å²) in [5, 5.41) is 12.4. The number of alkyl halides is 3. The minimum atomic E-state index is -5.18. The van der Waals surface area contributed by atoms with Gasteiger partial charge in [-0.3, -0.25) is 4.79 Å². The standard InChI is InChI=1S/C19H23F3N2O5S/c1-12-8-9-15(29-12)18(26,19(20,21)22)11-16(25)23-13-6-5-7-14(10-13)30(27,28)24-17(2,3)4/h5-10,24,26H,11H2,1-4H3,(H,23,25)/t18-/m1/s1. The largest absolute Gasteiger partial charge is 0.463 e. The van der Waals surface area contributed by atoms with Crippen molar-refractivity contribution in [3.63, 3.8) is 0 Å². The summed E-state index contributed by atoms with van der Waals surface area (Å²) in [5.74, 6) is -1.85. The lowest BCUT2D eigenvalue weighted by atomic mass is 9.95. The molecule has 0 unspecified atom stereocenters. The van der Waals surface area contributed by atoms with E-state index in [1.165, 1.54) is 31.2 Å². The molecule has 30 heavy (non-hydrogen) atoms. The lowest BCUT2D eigenvalue weighted by Gasteiger charge is -2.28. The number of anilines is 1. The summed E-state index contributed by atoms with van der Waals surface area (Å²) in [6.45, 7) is 6.33. The maximum Gasteiger partial charge on any atom is 0.425 e. The number of amides is 1. The third-order valence-corrected chi connectivity index (χ3v) is 5.66. The number of carbonyl (C=O) groups is 1. The van der Waals surface area contributed by atoms with Crippen LogP contribution in [0, 0.1) is 6.92 Å². The molecule has 1 amide bonds.